The van der Waals surface area contributed by atoms with Gasteiger partial charge in [0.15, 0.2) is 5.96 Å². The van der Waals surface area contributed by atoms with Gasteiger partial charge in [-0.25, -0.2) is 4.98 Å². The van der Waals surface area contributed by atoms with Crippen LogP contribution in [0.25, 0.3) is 0 Å². The number of guanidine groups is 1. The highest BCUT2D eigenvalue weighted by Crippen LogP contribution is 2.31. The lowest BCUT2D eigenvalue weighted by atomic mass is 10.2. The summed E-state index contributed by atoms with van der Waals surface area (Å²) in [6.07, 6.45) is 2.36. The Balaban J connectivity index is 1.57. The van der Waals surface area contributed by atoms with E-state index in [2.05, 4.69) is 30.4 Å². The SMILES string of the molecule is CN=C(NCc1ncnn1C)NC1CCN(c2ccccc2OC(F)F)C1. The topological polar surface area (TPSA) is 79.6 Å². The number of nitrogens with one attached hydrogen (secondary N) is 2. The lowest BCUT2D eigenvalue weighted by Crippen LogP contribution is -2.44. The highest BCUT2D eigenvalue weighted by molar-refractivity contribution is 5.80. The number of hydrogen-bond acceptors (Lipinski definition) is 5. The molecule has 0 amide bonds. The Hall–Kier alpha value is -2.91. The monoisotopic (exact) mass is 379 g/mol. The Labute approximate surface area is 156 Å². The Morgan fingerprint density at radius 2 is 2.22 bits per heavy atom. The smallest absolute Gasteiger partial charge is 0.387 e. The first-order valence-corrected chi connectivity index (χ1v) is 8.65. The number of nitrogens with zero attached hydrogens (tertiary/aromatic N) is 5. The lowest BCUT2D eigenvalue weighted by molar-refractivity contribution is -0.0495. The second kappa shape index (κ2) is 8.65. The first kappa shape index (κ1) is 18.9. The van der Waals surface area contributed by atoms with E-state index in [1.807, 2.05) is 18.0 Å². The van der Waals surface area contributed by atoms with Crippen LogP contribution in [0.1, 0.15) is 12.2 Å². The van der Waals surface area contributed by atoms with Crippen LogP contribution in [-0.2, 0) is 13.6 Å². The summed E-state index contributed by atoms with van der Waals surface area (Å²) in [7, 11) is 3.53. The van der Waals surface area contributed by atoms with E-state index in [-0.39, 0.29) is 11.8 Å². The molecule has 1 aromatic heterocycles. The molecule has 1 fully saturated rings. The number of rotatable bonds is 6. The molecule has 1 saturated heterocycles. The standard InChI is InChI=1S/C17H23F2N7O/c1-20-17(21-9-15-22-11-23-25(15)2)24-12-7-8-26(10-12)13-5-3-4-6-14(13)27-16(18)19/h3-6,11-12,16H,7-10H2,1-2H3,(H2,20,21,24). The number of para-hydroxylation sites is 2. The number of hydrogen-bond donors (Lipinski definition) is 2. The molecule has 1 atom stereocenters. The van der Waals surface area contributed by atoms with Gasteiger partial charge in [-0.2, -0.15) is 13.9 Å². The molecule has 3 rings (SSSR count). The van der Waals surface area contributed by atoms with E-state index in [0.717, 1.165) is 18.8 Å². The molecule has 10 heteroatoms. The van der Waals surface area contributed by atoms with Crippen molar-refractivity contribution in [3.05, 3.63) is 36.4 Å². The molecule has 1 aliphatic heterocycles. The summed E-state index contributed by atoms with van der Waals surface area (Å²) < 4.78 is 31.6. The predicted octanol–water partition coefficient (Wildman–Crippen LogP) is 1.36. The summed E-state index contributed by atoms with van der Waals surface area (Å²) in [6, 6.07) is 6.99. The van der Waals surface area contributed by atoms with Gasteiger partial charge in [-0.15, -0.1) is 0 Å². The molecule has 8 nitrogen and oxygen atoms in total. The Morgan fingerprint density at radius 3 is 2.93 bits per heavy atom. The second-order valence-electron chi connectivity index (χ2n) is 6.15. The van der Waals surface area contributed by atoms with Crippen molar-refractivity contribution in [3.8, 4) is 5.75 Å². The molecule has 1 aromatic carbocycles. The molecular weight excluding hydrogens is 356 g/mol. The number of aromatic nitrogens is 3. The van der Waals surface area contributed by atoms with Crippen LogP contribution in [0, 0.1) is 0 Å². The van der Waals surface area contributed by atoms with Crippen molar-refractivity contribution in [2.24, 2.45) is 12.0 Å². The predicted molar refractivity (Wildman–Crippen MR) is 98.0 cm³/mol. The van der Waals surface area contributed by atoms with Gasteiger partial charge in [0.1, 0.15) is 17.9 Å². The minimum atomic E-state index is -2.84. The Kier molecular flexibility index (Phi) is 6.05. The maximum atomic E-state index is 12.6. The van der Waals surface area contributed by atoms with Crippen LogP contribution < -0.4 is 20.3 Å². The van der Waals surface area contributed by atoms with Crippen molar-refractivity contribution in [2.75, 3.05) is 25.0 Å². The van der Waals surface area contributed by atoms with Crippen molar-refractivity contribution in [1.29, 1.82) is 0 Å². The molecule has 0 saturated carbocycles. The number of ether oxygens (including phenoxy) is 1. The van der Waals surface area contributed by atoms with Crippen LogP contribution in [0.3, 0.4) is 0 Å². The van der Waals surface area contributed by atoms with Crippen molar-refractivity contribution >= 4 is 11.6 Å². The van der Waals surface area contributed by atoms with Gasteiger partial charge in [-0.1, -0.05) is 12.1 Å². The van der Waals surface area contributed by atoms with E-state index in [4.69, 9.17) is 0 Å². The largest absolute Gasteiger partial charge is 0.433 e. The summed E-state index contributed by atoms with van der Waals surface area (Å²) in [5.74, 6) is 1.64. The van der Waals surface area contributed by atoms with Gasteiger partial charge in [0.25, 0.3) is 0 Å². The number of benzene rings is 1. The zero-order valence-corrected chi connectivity index (χ0v) is 15.3. The molecule has 2 aromatic rings. The summed E-state index contributed by atoms with van der Waals surface area (Å²) >= 11 is 0. The molecule has 0 aliphatic carbocycles. The molecular formula is C17H23F2N7O. The lowest BCUT2D eigenvalue weighted by Gasteiger charge is -2.22. The summed E-state index contributed by atoms with van der Waals surface area (Å²) in [5.41, 5.74) is 0.670. The number of alkyl halides is 2. The first-order valence-electron chi connectivity index (χ1n) is 8.65. The minimum Gasteiger partial charge on any atom is -0.433 e. The third kappa shape index (κ3) is 4.83. The third-order valence-corrected chi connectivity index (χ3v) is 4.39. The van der Waals surface area contributed by atoms with Gasteiger partial charge < -0.3 is 20.3 Å². The van der Waals surface area contributed by atoms with Crippen molar-refractivity contribution in [1.82, 2.24) is 25.4 Å². The van der Waals surface area contributed by atoms with Crippen LogP contribution in [0.4, 0.5) is 14.5 Å². The second-order valence-corrected chi connectivity index (χ2v) is 6.15. The van der Waals surface area contributed by atoms with Gasteiger partial charge in [-0.05, 0) is 18.6 Å². The van der Waals surface area contributed by atoms with Crippen LogP contribution in [-0.4, -0.2) is 53.5 Å². The average Bonchev–Trinajstić information content (AvgIpc) is 3.27. The molecule has 2 N–H and O–H groups in total. The average molecular weight is 379 g/mol. The molecule has 0 radical (unpaired) electrons. The fourth-order valence-electron chi connectivity index (χ4n) is 3.04. The van der Waals surface area contributed by atoms with Crippen molar-refractivity contribution in [2.45, 2.75) is 25.6 Å². The normalized spacial score (nSPS) is 17.4. The molecule has 27 heavy (non-hydrogen) atoms. The summed E-state index contributed by atoms with van der Waals surface area (Å²) in [4.78, 5) is 10.4. The zero-order chi connectivity index (χ0) is 19.2. The fourth-order valence-corrected chi connectivity index (χ4v) is 3.04. The van der Waals surface area contributed by atoms with E-state index in [1.165, 1.54) is 6.33 Å². The van der Waals surface area contributed by atoms with Gasteiger partial charge in [0.05, 0.1) is 12.2 Å². The summed E-state index contributed by atoms with van der Waals surface area (Å²) in [5, 5.41) is 10.6. The molecule has 0 spiro atoms. The fraction of sp³-hybridized carbons (Fsp3) is 0.471. The number of aliphatic imine (C=N–C) groups is 1. The van der Waals surface area contributed by atoms with Crippen LogP contribution >= 0.6 is 0 Å². The van der Waals surface area contributed by atoms with E-state index in [9.17, 15) is 8.78 Å². The Morgan fingerprint density at radius 1 is 1.41 bits per heavy atom. The molecule has 0 bridgehead atoms. The third-order valence-electron chi connectivity index (χ3n) is 4.39. The quantitative estimate of drug-likeness (QED) is 0.583. The number of halogens is 2. The number of aryl methyl sites for hydroxylation is 1. The highest BCUT2D eigenvalue weighted by Gasteiger charge is 2.26. The maximum Gasteiger partial charge on any atom is 0.387 e. The summed E-state index contributed by atoms with van der Waals surface area (Å²) in [6.45, 7) is -0.945. The van der Waals surface area contributed by atoms with Gasteiger partial charge in [0.2, 0.25) is 0 Å². The van der Waals surface area contributed by atoms with E-state index in [0.29, 0.717) is 24.7 Å². The molecule has 2 heterocycles. The zero-order valence-electron chi connectivity index (χ0n) is 15.3. The van der Waals surface area contributed by atoms with E-state index in [1.54, 1.807) is 29.9 Å². The highest BCUT2D eigenvalue weighted by atomic mass is 19.3. The van der Waals surface area contributed by atoms with Crippen LogP contribution in [0.5, 0.6) is 5.75 Å². The minimum absolute atomic E-state index is 0.135. The van der Waals surface area contributed by atoms with Gasteiger partial charge in [-0.3, -0.25) is 9.67 Å². The number of anilines is 1. The van der Waals surface area contributed by atoms with E-state index >= 15 is 0 Å². The molecule has 1 unspecified atom stereocenters. The van der Waals surface area contributed by atoms with Crippen LogP contribution in [0.2, 0.25) is 0 Å². The van der Waals surface area contributed by atoms with Crippen molar-refractivity contribution in [3.63, 3.8) is 0 Å². The van der Waals surface area contributed by atoms with Crippen molar-refractivity contribution < 1.29 is 13.5 Å². The molecule has 146 valence electrons. The van der Waals surface area contributed by atoms with Gasteiger partial charge in [0, 0.05) is 33.2 Å². The van der Waals surface area contributed by atoms with Gasteiger partial charge >= 0.3 is 6.61 Å². The Bertz CT molecular complexity index is 780. The first-order chi connectivity index (χ1) is 13.1. The van der Waals surface area contributed by atoms with Crippen LogP contribution in [0.15, 0.2) is 35.6 Å². The van der Waals surface area contributed by atoms with E-state index < -0.39 is 6.61 Å². The molecule has 1 aliphatic rings. The maximum absolute atomic E-state index is 12.6.